The van der Waals surface area contributed by atoms with E-state index < -0.39 is 0 Å². The molecular weight excluding hydrogens is 186 g/mol. The number of aryl methyl sites for hydroxylation is 1. The number of carbonyl (C=O) groups is 1. The van der Waals surface area contributed by atoms with Crippen molar-refractivity contribution in [1.29, 1.82) is 0 Å². The molecule has 2 heterocycles. The number of hydrogen-bond acceptors (Lipinski definition) is 3. The second-order valence-electron chi connectivity index (χ2n) is 3.04. The Balaban J connectivity index is 2.01. The lowest BCUT2D eigenvalue weighted by atomic mass is 10.5. The predicted octanol–water partition coefficient (Wildman–Crippen LogP) is 0.977. The largest absolute Gasteiger partial charge is 0.336 e. The summed E-state index contributed by atoms with van der Waals surface area (Å²) in [6.45, 7) is 4.15. The molecule has 0 unspecified atom stereocenters. The van der Waals surface area contributed by atoms with Crippen molar-refractivity contribution in [1.82, 2.24) is 15.2 Å². The molecule has 70 valence electrons. The summed E-state index contributed by atoms with van der Waals surface area (Å²) in [5.41, 5.74) is 1.03. The molecule has 13 heavy (non-hydrogen) atoms. The molecule has 0 atom stereocenters. The third-order valence-corrected chi connectivity index (χ3v) is 2.89. The van der Waals surface area contributed by atoms with Gasteiger partial charge in [-0.1, -0.05) is 0 Å². The first-order valence-corrected chi connectivity index (χ1v) is 5.07. The van der Waals surface area contributed by atoms with E-state index in [-0.39, 0.29) is 6.03 Å². The van der Waals surface area contributed by atoms with Crippen LogP contribution in [-0.2, 0) is 6.54 Å². The van der Waals surface area contributed by atoms with E-state index in [1.807, 2.05) is 12.3 Å². The van der Waals surface area contributed by atoms with Gasteiger partial charge in [0.2, 0.25) is 0 Å². The molecule has 0 aliphatic carbocycles. The van der Waals surface area contributed by atoms with Crippen LogP contribution in [0, 0.1) is 6.92 Å². The van der Waals surface area contributed by atoms with Crippen molar-refractivity contribution in [2.45, 2.75) is 13.5 Å². The Labute approximate surface area is 80.6 Å². The Morgan fingerprint density at radius 2 is 2.62 bits per heavy atom. The second kappa shape index (κ2) is 3.33. The zero-order chi connectivity index (χ0) is 9.26. The summed E-state index contributed by atoms with van der Waals surface area (Å²) < 4.78 is 0. The average Bonchev–Trinajstić information content (AvgIpc) is 2.64. The van der Waals surface area contributed by atoms with E-state index in [2.05, 4.69) is 10.3 Å². The van der Waals surface area contributed by atoms with Crippen molar-refractivity contribution >= 4 is 17.4 Å². The van der Waals surface area contributed by atoms with Gasteiger partial charge < -0.3 is 10.2 Å². The molecule has 2 rings (SSSR count). The van der Waals surface area contributed by atoms with Crippen molar-refractivity contribution in [3.63, 3.8) is 0 Å². The highest BCUT2D eigenvalue weighted by atomic mass is 32.1. The van der Waals surface area contributed by atoms with Crippen LogP contribution >= 0.6 is 11.3 Å². The van der Waals surface area contributed by atoms with E-state index in [0.717, 1.165) is 23.8 Å². The maximum absolute atomic E-state index is 11.2. The minimum atomic E-state index is 0.0212. The lowest BCUT2D eigenvalue weighted by Gasteiger charge is -2.10. The van der Waals surface area contributed by atoms with Crippen LogP contribution in [0.3, 0.4) is 0 Å². The smallest absolute Gasteiger partial charge is 0.317 e. The molecule has 4 nitrogen and oxygen atoms in total. The molecule has 2 amide bonds. The quantitative estimate of drug-likeness (QED) is 0.768. The number of nitrogens with zero attached hydrogens (tertiary/aromatic N) is 2. The van der Waals surface area contributed by atoms with E-state index in [0.29, 0.717) is 6.54 Å². The average molecular weight is 197 g/mol. The van der Waals surface area contributed by atoms with Crippen LogP contribution in [0.2, 0.25) is 0 Å². The molecular formula is C8H11N3OS. The van der Waals surface area contributed by atoms with E-state index in [1.165, 1.54) is 0 Å². The maximum atomic E-state index is 11.2. The van der Waals surface area contributed by atoms with Crippen LogP contribution in [-0.4, -0.2) is 29.0 Å². The molecule has 0 spiro atoms. The first-order valence-electron chi connectivity index (χ1n) is 4.19. The highest BCUT2D eigenvalue weighted by molar-refractivity contribution is 7.09. The van der Waals surface area contributed by atoms with Gasteiger partial charge >= 0.3 is 6.03 Å². The van der Waals surface area contributed by atoms with Crippen LogP contribution < -0.4 is 5.32 Å². The highest BCUT2D eigenvalue weighted by Crippen LogP contribution is 2.12. The highest BCUT2D eigenvalue weighted by Gasteiger charge is 2.20. The van der Waals surface area contributed by atoms with Gasteiger partial charge in [0.25, 0.3) is 0 Å². The van der Waals surface area contributed by atoms with Gasteiger partial charge in [0.1, 0.15) is 5.01 Å². The minimum Gasteiger partial charge on any atom is -0.336 e. The summed E-state index contributed by atoms with van der Waals surface area (Å²) in [4.78, 5) is 17.3. The van der Waals surface area contributed by atoms with E-state index in [4.69, 9.17) is 0 Å². The minimum absolute atomic E-state index is 0.0212. The molecule has 0 saturated carbocycles. The van der Waals surface area contributed by atoms with Crippen LogP contribution in [0.25, 0.3) is 0 Å². The zero-order valence-electron chi connectivity index (χ0n) is 7.41. The third kappa shape index (κ3) is 1.80. The number of aromatic nitrogens is 1. The molecule has 1 fully saturated rings. The fourth-order valence-corrected chi connectivity index (χ4v) is 2.09. The fourth-order valence-electron chi connectivity index (χ4n) is 1.30. The van der Waals surface area contributed by atoms with Gasteiger partial charge in [0.15, 0.2) is 0 Å². The summed E-state index contributed by atoms with van der Waals surface area (Å²) in [6.07, 6.45) is 0. The van der Waals surface area contributed by atoms with E-state index in [9.17, 15) is 4.79 Å². The monoisotopic (exact) mass is 197 g/mol. The molecule has 1 N–H and O–H groups in total. The van der Waals surface area contributed by atoms with Crippen LogP contribution in [0.15, 0.2) is 5.38 Å². The standard InChI is InChI=1S/C8H11N3OS/c1-6-5-13-7(10-6)4-11-3-2-9-8(11)12/h5H,2-4H2,1H3,(H,9,12). The number of carbonyl (C=O) groups excluding carboxylic acids is 1. The number of rotatable bonds is 2. The van der Waals surface area contributed by atoms with Crippen molar-refractivity contribution in [3.05, 3.63) is 16.1 Å². The maximum Gasteiger partial charge on any atom is 0.317 e. The van der Waals surface area contributed by atoms with Crippen LogP contribution in [0.4, 0.5) is 4.79 Å². The molecule has 5 heteroatoms. The molecule has 0 bridgehead atoms. The number of urea groups is 1. The summed E-state index contributed by atoms with van der Waals surface area (Å²) >= 11 is 1.61. The predicted molar refractivity (Wildman–Crippen MR) is 50.7 cm³/mol. The molecule has 1 aromatic rings. The van der Waals surface area contributed by atoms with Crippen molar-refractivity contribution in [2.75, 3.05) is 13.1 Å². The zero-order valence-corrected chi connectivity index (χ0v) is 8.23. The lowest BCUT2D eigenvalue weighted by Crippen LogP contribution is -2.27. The number of hydrogen-bond donors (Lipinski definition) is 1. The molecule has 1 aliphatic rings. The van der Waals surface area contributed by atoms with Gasteiger partial charge in [0, 0.05) is 24.2 Å². The van der Waals surface area contributed by atoms with Gasteiger partial charge in [0.05, 0.1) is 6.54 Å². The third-order valence-electron chi connectivity index (χ3n) is 1.94. The second-order valence-corrected chi connectivity index (χ2v) is 3.98. The van der Waals surface area contributed by atoms with E-state index in [1.54, 1.807) is 16.2 Å². The van der Waals surface area contributed by atoms with Crippen LogP contribution in [0.1, 0.15) is 10.7 Å². The summed E-state index contributed by atoms with van der Waals surface area (Å²) in [6, 6.07) is 0.0212. The number of amides is 2. The Morgan fingerprint density at radius 1 is 1.77 bits per heavy atom. The summed E-state index contributed by atoms with van der Waals surface area (Å²) in [7, 11) is 0. The number of nitrogens with one attached hydrogen (secondary N) is 1. The summed E-state index contributed by atoms with van der Waals surface area (Å²) in [5, 5.41) is 5.77. The first-order chi connectivity index (χ1) is 6.25. The van der Waals surface area contributed by atoms with Gasteiger partial charge in [-0.3, -0.25) is 0 Å². The Hall–Kier alpha value is -1.10. The molecule has 0 aromatic carbocycles. The number of thiazole rings is 1. The molecule has 0 radical (unpaired) electrons. The van der Waals surface area contributed by atoms with E-state index >= 15 is 0 Å². The van der Waals surface area contributed by atoms with Gasteiger partial charge in [-0.2, -0.15) is 0 Å². The Kier molecular flexibility index (Phi) is 2.18. The summed E-state index contributed by atoms with van der Waals surface area (Å²) in [5.74, 6) is 0. The van der Waals surface area contributed by atoms with Crippen molar-refractivity contribution < 1.29 is 4.79 Å². The molecule has 1 saturated heterocycles. The van der Waals surface area contributed by atoms with Crippen molar-refractivity contribution in [2.24, 2.45) is 0 Å². The first kappa shape index (κ1) is 8.50. The molecule has 1 aliphatic heterocycles. The lowest BCUT2D eigenvalue weighted by molar-refractivity contribution is 0.215. The molecule has 1 aromatic heterocycles. The fraction of sp³-hybridized carbons (Fsp3) is 0.500. The van der Waals surface area contributed by atoms with Crippen molar-refractivity contribution in [3.8, 4) is 0 Å². The SMILES string of the molecule is Cc1csc(CN2CCNC2=O)n1. The van der Waals surface area contributed by atoms with Gasteiger partial charge in [-0.05, 0) is 6.92 Å². The van der Waals surface area contributed by atoms with Crippen LogP contribution in [0.5, 0.6) is 0 Å². The van der Waals surface area contributed by atoms with Gasteiger partial charge in [-0.15, -0.1) is 11.3 Å². The topological polar surface area (TPSA) is 45.2 Å². The van der Waals surface area contributed by atoms with Gasteiger partial charge in [-0.25, -0.2) is 9.78 Å². The normalized spacial score (nSPS) is 16.4. The Morgan fingerprint density at radius 3 is 3.15 bits per heavy atom. The Bertz CT molecular complexity index is 323.